The van der Waals surface area contributed by atoms with Gasteiger partial charge < -0.3 is 15.4 Å². The number of amides is 4. The van der Waals surface area contributed by atoms with Gasteiger partial charge in [-0.1, -0.05) is 55.3 Å². The number of rotatable bonds is 8. The summed E-state index contributed by atoms with van der Waals surface area (Å²) in [7, 11) is -3.90. The molecule has 1 atom stereocenters. The van der Waals surface area contributed by atoms with Crippen molar-refractivity contribution in [2.45, 2.75) is 30.2 Å². The van der Waals surface area contributed by atoms with Gasteiger partial charge in [0.1, 0.15) is 17.0 Å². The maximum absolute atomic E-state index is 13.4. The van der Waals surface area contributed by atoms with Gasteiger partial charge in [0, 0.05) is 18.8 Å². The summed E-state index contributed by atoms with van der Waals surface area (Å²) in [5, 5.41) is 5.36. The fraction of sp³-hybridized carbons (Fsp3) is 0.375. The molecule has 0 unspecified atom stereocenters. The molecule has 4 amide bonds. The third kappa shape index (κ3) is 4.96. The molecular weight excluding hydrogens is 508 g/mol. The van der Waals surface area contributed by atoms with Crippen LogP contribution in [0.15, 0.2) is 53.4 Å². The number of nitrogens with zero attached hydrogens (tertiary/aromatic N) is 2. The molecule has 0 bridgehead atoms. The van der Waals surface area contributed by atoms with Gasteiger partial charge in [0.15, 0.2) is 0 Å². The Morgan fingerprint density at radius 1 is 1.14 bits per heavy atom. The highest BCUT2D eigenvalue weighted by molar-refractivity contribution is 7.89. The first-order chi connectivity index (χ1) is 17.2. The first kappa shape index (κ1) is 26.1. The number of ether oxygens (including phenoxy) is 1. The predicted octanol–water partition coefficient (Wildman–Crippen LogP) is 2.55. The van der Waals surface area contributed by atoms with Gasteiger partial charge in [0.25, 0.3) is 5.91 Å². The first-order valence-electron chi connectivity index (χ1n) is 11.6. The van der Waals surface area contributed by atoms with E-state index >= 15 is 0 Å². The summed E-state index contributed by atoms with van der Waals surface area (Å²) < 4.78 is 32.6. The van der Waals surface area contributed by atoms with Crippen LogP contribution in [0.1, 0.15) is 25.3 Å². The van der Waals surface area contributed by atoms with E-state index in [-0.39, 0.29) is 41.9 Å². The van der Waals surface area contributed by atoms with Gasteiger partial charge in [-0.15, -0.1) is 0 Å². The number of urea groups is 1. The van der Waals surface area contributed by atoms with Crippen LogP contribution in [-0.4, -0.2) is 68.3 Å². The predicted molar refractivity (Wildman–Crippen MR) is 133 cm³/mol. The van der Waals surface area contributed by atoms with Gasteiger partial charge in [-0.05, 0) is 30.2 Å². The van der Waals surface area contributed by atoms with Gasteiger partial charge in [-0.2, -0.15) is 4.31 Å². The summed E-state index contributed by atoms with van der Waals surface area (Å²) in [5.41, 5.74) is -0.428. The molecular formula is C24H27ClN4O6S. The number of nitrogens with one attached hydrogen (secondary N) is 2. The lowest BCUT2D eigenvalue weighted by atomic mass is 9.85. The number of halogens is 1. The van der Waals surface area contributed by atoms with Crippen molar-refractivity contribution in [1.82, 2.24) is 14.5 Å². The molecule has 2 fully saturated rings. The van der Waals surface area contributed by atoms with Crippen LogP contribution in [-0.2, 0) is 29.9 Å². The van der Waals surface area contributed by atoms with Crippen LogP contribution < -0.4 is 10.6 Å². The maximum atomic E-state index is 13.4. The second kappa shape index (κ2) is 10.6. The van der Waals surface area contributed by atoms with Gasteiger partial charge in [-0.25, -0.2) is 13.2 Å². The lowest BCUT2D eigenvalue weighted by Crippen LogP contribution is -2.44. The normalized spacial score (nSPS) is 20.9. The van der Waals surface area contributed by atoms with Crippen LogP contribution in [0.5, 0.6) is 0 Å². The lowest BCUT2D eigenvalue weighted by molar-refractivity contribution is -0.134. The number of benzene rings is 2. The minimum Gasteiger partial charge on any atom is -0.379 e. The topological polar surface area (TPSA) is 125 Å². The number of hydrogen-bond acceptors (Lipinski definition) is 6. The number of carbonyl (C=O) groups is 3. The monoisotopic (exact) mass is 534 g/mol. The van der Waals surface area contributed by atoms with Crippen molar-refractivity contribution in [2.75, 3.05) is 38.2 Å². The molecule has 2 aromatic rings. The second-order valence-electron chi connectivity index (χ2n) is 8.55. The number of anilines is 1. The first-order valence-corrected chi connectivity index (χ1v) is 13.4. The molecule has 0 spiro atoms. The van der Waals surface area contributed by atoms with Gasteiger partial charge in [0.05, 0.1) is 18.2 Å². The molecule has 0 aromatic heterocycles. The molecule has 0 aliphatic carbocycles. The Hall–Kier alpha value is -2.99. The van der Waals surface area contributed by atoms with Crippen LogP contribution in [0.2, 0.25) is 5.02 Å². The zero-order valence-electron chi connectivity index (χ0n) is 19.7. The molecule has 2 aliphatic rings. The molecule has 0 radical (unpaired) electrons. The van der Waals surface area contributed by atoms with Crippen molar-refractivity contribution >= 4 is 45.2 Å². The SMILES string of the molecule is CCC[C@@]1(c2ccccc2)NC(=O)N(CC(=O)Nc2ccc(Cl)c(S(=O)(=O)N3CCOCC3)c2)C1=O. The number of imide groups is 1. The van der Waals surface area contributed by atoms with Gasteiger partial charge in [-0.3, -0.25) is 14.5 Å². The standard InChI is InChI=1S/C24H27ClN4O6S/c1-2-10-24(17-6-4-3-5-7-17)22(31)29(23(32)27-24)16-21(30)26-18-8-9-19(25)20(15-18)36(33,34)28-11-13-35-14-12-28/h3-9,15H,2,10-14,16H2,1H3,(H,26,30)(H,27,32)/t24-/m0/s1. The fourth-order valence-corrected chi connectivity index (χ4v) is 6.33. The van der Waals surface area contributed by atoms with Crippen LogP contribution in [0, 0.1) is 0 Å². The molecule has 10 nitrogen and oxygen atoms in total. The molecule has 2 saturated heterocycles. The molecule has 12 heteroatoms. The summed E-state index contributed by atoms with van der Waals surface area (Å²) in [5.74, 6) is -1.17. The Bertz CT molecular complexity index is 1270. The molecule has 2 N–H and O–H groups in total. The van der Waals surface area contributed by atoms with Crippen LogP contribution >= 0.6 is 11.6 Å². The number of sulfonamides is 1. The van der Waals surface area contributed by atoms with E-state index in [9.17, 15) is 22.8 Å². The Balaban J connectivity index is 1.51. The van der Waals surface area contributed by atoms with Crippen molar-refractivity contribution < 1.29 is 27.5 Å². The highest BCUT2D eigenvalue weighted by Gasteiger charge is 2.52. The van der Waals surface area contributed by atoms with Crippen molar-refractivity contribution in [2.24, 2.45) is 0 Å². The molecule has 36 heavy (non-hydrogen) atoms. The third-order valence-electron chi connectivity index (χ3n) is 6.17. The van der Waals surface area contributed by atoms with E-state index in [1.165, 1.54) is 22.5 Å². The quantitative estimate of drug-likeness (QED) is 0.501. The van der Waals surface area contributed by atoms with Crippen LogP contribution in [0.3, 0.4) is 0 Å². The summed E-state index contributed by atoms with van der Waals surface area (Å²) in [4.78, 5) is 39.7. The Kier molecular flexibility index (Phi) is 7.65. The molecule has 2 heterocycles. The van der Waals surface area contributed by atoms with Crippen molar-refractivity contribution in [3.8, 4) is 0 Å². The van der Waals surface area contributed by atoms with E-state index in [4.69, 9.17) is 16.3 Å². The smallest absolute Gasteiger partial charge is 0.325 e. The Morgan fingerprint density at radius 2 is 1.83 bits per heavy atom. The number of morpholine rings is 1. The summed E-state index contributed by atoms with van der Waals surface area (Å²) in [6.07, 6.45) is 1.01. The van der Waals surface area contributed by atoms with Gasteiger partial charge >= 0.3 is 6.03 Å². The highest BCUT2D eigenvalue weighted by Crippen LogP contribution is 2.34. The number of hydrogen-bond donors (Lipinski definition) is 2. The summed E-state index contributed by atoms with van der Waals surface area (Å²) in [6, 6.07) is 12.3. The lowest BCUT2D eigenvalue weighted by Gasteiger charge is -2.27. The van der Waals surface area contributed by atoms with Gasteiger partial charge in [0.2, 0.25) is 15.9 Å². The highest BCUT2D eigenvalue weighted by atomic mass is 35.5. The summed E-state index contributed by atoms with van der Waals surface area (Å²) in [6.45, 7) is 2.33. The zero-order valence-corrected chi connectivity index (χ0v) is 21.3. The van der Waals surface area contributed by atoms with Crippen molar-refractivity contribution in [1.29, 1.82) is 0 Å². The second-order valence-corrected chi connectivity index (χ2v) is 10.9. The third-order valence-corrected chi connectivity index (χ3v) is 8.55. The minimum absolute atomic E-state index is 0.0146. The van der Waals surface area contributed by atoms with E-state index in [2.05, 4.69) is 10.6 Å². The van der Waals surface area contributed by atoms with Crippen molar-refractivity contribution in [3.63, 3.8) is 0 Å². The van der Waals surface area contributed by atoms with E-state index in [0.717, 1.165) is 4.90 Å². The number of carbonyl (C=O) groups excluding carboxylic acids is 3. The molecule has 0 saturated carbocycles. The zero-order chi connectivity index (χ0) is 25.9. The molecule has 2 aliphatic heterocycles. The van der Waals surface area contributed by atoms with Crippen LogP contribution in [0.4, 0.5) is 10.5 Å². The van der Waals surface area contributed by atoms with E-state index in [1.807, 2.05) is 13.0 Å². The van der Waals surface area contributed by atoms with E-state index < -0.39 is 40.0 Å². The van der Waals surface area contributed by atoms with E-state index in [0.29, 0.717) is 18.4 Å². The molecule has 2 aromatic carbocycles. The Labute approximate surface area is 214 Å². The van der Waals surface area contributed by atoms with E-state index in [1.54, 1.807) is 24.3 Å². The van der Waals surface area contributed by atoms with Crippen LogP contribution in [0.25, 0.3) is 0 Å². The summed E-state index contributed by atoms with van der Waals surface area (Å²) >= 11 is 6.18. The van der Waals surface area contributed by atoms with Crippen molar-refractivity contribution in [3.05, 3.63) is 59.1 Å². The minimum atomic E-state index is -3.90. The fourth-order valence-electron chi connectivity index (χ4n) is 4.43. The Morgan fingerprint density at radius 3 is 2.50 bits per heavy atom. The average molecular weight is 535 g/mol. The maximum Gasteiger partial charge on any atom is 0.325 e. The average Bonchev–Trinajstić information content (AvgIpc) is 3.11. The largest absolute Gasteiger partial charge is 0.379 e. The molecule has 192 valence electrons. The molecule has 4 rings (SSSR count).